The topological polar surface area (TPSA) is 47.6 Å². The molecule has 0 bridgehead atoms. The highest BCUT2D eigenvalue weighted by molar-refractivity contribution is 5.86. The van der Waals surface area contributed by atoms with Crippen molar-refractivity contribution in [3.63, 3.8) is 0 Å². The number of nitrogens with one attached hydrogen (secondary N) is 1. The minimum Gasteiger partial charge on any atom is -0.491 e. The fourth-order valence-corrected chi connectivity index (χ4v) is 1.28. The average Bonchev–Trinajstić information content (AvgIpc) is 2.25. The van der Waals surface area contributed by atoms with Gasteiger partial charge >= 0.3 is 6.09 Å². The molecule has 4 nitrogen and oxygen atoms in total. The first-order valence-corrected chi connectivity index (χ1v) is 5.92. The summed E-state index contributed by atoms with van der Waals surface area (Å²) in [6.45, 7) is 7.86. The zero-order valence-corrected chi connectivity index (χ0v) is 11.3. The molecule has 0 aliphatic heterocycles. The van der Waals surface area contributed by atoms with Crippen LogP contribution in [0.15, 0.2) is 24.3 Å². The van der Waals surface area contributed by atoms with Crippen LogP contribution < -0.4 is 10.1 Å². The fourth-order valence-electron chi connectivity index (χ4n) is 1.28. The normalized spacial score (nSPS) is 10.9. The van der Waals surface area contributed by atoms with E-state index in [0.717, 1.165) is 0 Å². The van der Waals surface area contributed by atoms with Gasteiger partial charge < -0.3 is 9.47 Å². The molecule has 1 aromatic rings. The van der Waals surface area contributed by atoms with Crippen molar-refractivity contribution < 1.29 is 14.3 Å². The molecule has 0 saturated heterocycles. The number of benzene rings is 1. The van der Waals surface area contributed by atoms with Crippen molar-refractivity contribution in [1.29, 1.82) is 0 Å². The van der Waals surface area contributed by atoms with Gasteiger partial charge in [0, 0.05) is 0 Å². The van der Waals surface area contributed by atoms with E-state index in [1.807, 2.05) is 46.2 Å². The second-order valence-corrected chi connectivity index (χ2v) is 4.84. The minimum atomic E-state index is -0.517. The summed E-state index contributed by atoms with van der Waals surface area (Å²) in [5, 5.41) is 2.68. The molecule has 0 heterocycles. The number of carbonyl (C=O) groups excluding carboxylic acids is 1. The van der Waals surface area contributed by atoms with Gasteiger partial charge in [0.1, 0.15) is 11.4 Å². The molecule has 0 aliphatic carbocycles. The molecule has 1 amide bonds. The Morgan fingerprint density at radius 2 is 2.00 bits per heavy atom. The van der Waals surface area contributed by atoms with Gasteiger partial charge in [-0.1, -0.05) is 19.1 Å². The number of hydrogen-bond donors (Lipinski definition) is 1. The Morgan fingerprint density at radius 3 is 2.61 bits per heavy atom. The number of carbonyl (C=O) groups is 1. The molecule has 0 spiro atoms. The second-order valence-electron chi connectivity index (χ2n) is 4.84. The van der Waals surface area contributed by atoms with Crippen LogP contribution in [0.5, 0.6) is 5.75 Å². The van der Waals surface area contributed by atoms with E-state index in [1.165, 1.54) is 0 Å². The maximum Gasteiger partial charge on any atom is 0.412 e. The highest BCUT2D eigenvalue weighted by Gasteiger charge is 2.17. The van der Waals surface area contributed by atoms with Gasteiger partial charge in [-0.25, -0.2) is 4.79 Å². The molecule has 99 valence electrons. The third-order valence-corrected chi connectivity index (χ3v) is 1.93. The lowest BCUT2D eigenvalue weighted by atomic mass is 10.2. The minimum absolute atomic E-state index is 0.487. The maximum absolute atomic E-state index is 11.7. The van der Waals surface area contributed by atoms with E-state index in [0.29, 0.717) is 18.0 Å². The predicted octanol–water partition coefficient (Wildman–Crippen LogP) is 3.64. The summed E-state index contributed by atoms with van der Waals surface area (Å²) in [4.78, 5) is 11.7. The molecule has 18 heavy (non-hydrogen) atoms. The Hall–Kier alpha value is -1.71. The van der Waals surface area contributed by atoms with Crippen LogP contribution in [-0.2, 0) is 4.74 Å². The summed E-state index contributed by atoms with van der Waals surface area (Å²) in [5.41, 5.74) is 0.0884. The molecule has 1 rings (SSSR count). The third-order valence-electron chi connectivity index (χ3n) is 1.93. The lowest BCUT2D eigenvalue weighted by Gasteiger charge is -2.20. The Balaban J connectivity index is 2.68. The zero-order valence-electron chi connectivity index (χ0n) is 11.3. The van der Waals surface area contributed by atoms with Crippen molar-refractivity contribution in [2.75, 3.05) is 11.9 Å². The van der Waals surface area contributed by atoms with Crippen LogP contribution in [0.4, 0.5) is 10.5 Å². The summed E-state index contributed by atoms with van der Waals surface area (Å²) in [6, 6.07) is 7.26. The van der Waals surface area contributed by atoms with Gasteiger partial charge in [-0.05, 0) is 39.3 Å². The number of ether oxygens (including phenoxy) is 2. The summed E-state index contributed by atoms with van der Waals surface area (Å²) in [6.07, 6.45) is 1.41. The number of para-hydroxylation sites is 2. The van der Waals surface area contributed by atoms with E-state index in [2.05, 4.69) is 5.32 Å². The molecular weight excluding hydrogens is 230 g/mol. The summed E-state index contributed by atoms with van der Waals surface area (Å²) in [7, 11) is 0. The summed E-state index contributed by atoms with van der Waals surface area (Å²) in [5.74, 6) is 0.626. The van der Waals surface area contributed by atoms with Gasteiger partial charge in [0.2, 0.25) is 0 Å². The fraction of sp³-hybridized carbons (Fsp3) is 0.429. The molecule has 0 aromatic heterocycles. The summed E-state index contributed by atoms with van der Waals surface area (Å²) >= 11 is 0. The first kappa shape index (κ1) is 14.4. The standard InChI is InChI=1S/C14H20NO3/c1-5-10-17-12-9-7-6-8-11(12)15-13(16)18-14(2,3)4/h5-9H,10H2,1-4H3,(H,15,16). The van der Waals surface area contributed by atoms with Crippen LogP contribution >= 0.6 is 0 Å². The van der Waals surface area contributed by atoms with Gasteiger partial charge in [-0.3, -0.25) is 5.32 Å². The van der Waals surface area contributed by atoms with Crippen molar-refractivity contribution in [2.45, 2.75) is 33.3 Å². The van der Waals surface area contributed by atoms with E-state index >= 15 is 0 Å². The van der Waals surface area contributed by atoms with Crippen LogP contribution in [0.2, 0.25) is 0 Å². The zero-order chi connectivity index (χ0) is 13.6. The van der Waals surface area contributed by atoms with Gasteiger partial charge in [-0.15, -0.1) is 0 Å². The largest absolute Gasteiger partial charge is 0.491 e. The molecule has 4 heteroatoms. The van der Waals surface area contributed by atoms with Gasteiger partial charge in [0.05, 0.1) is 12.3 Å². The first-order valence-electron chi connectivity index (χ1n) is 5.92. The van der Waals surface area contributed by atoms with Crippen LogP contribution in [0.3, 0.4) is 0 Å². The van der Waals surface area contributed by atoms with E-state index in [9.17, 15) is 4.79 Å². The van der Waals surface area contributed by atoms with E-state index in [4.69, 9.17) is 9.47 Å². The van der Waals surface area contributed by atoms with Gasteiger partial charge in [0.15, 0.2) is 0 Å². The van der Waals surface area contributed by atoms with E-state index in [-0.39, 0.29) is 0 Å². The van der Waals surface area contributed by atoms with Crippen LogP contribution in [0, 0.1) is 6.42 Å². The predicted molar refractivity (Wildman–Crippen MR) is 71.8 cm³/mol. The van der Waals surface area contributed by atoms with Crippen LogP contribution in [0.1, 0.15) is 27.7 Å². The van der Waals surface area contributed by atoms with Crippen molar-refractivity contribution in [3.05, 3.63) is 30.7 Å². The molecular formula is C14H20NO3. The maximum atomic E-state index is 11.7. The van der Waals surface area contributed by atoms with E-state index < -0.39 is 11.7 Å². The molecule has 1 radical (unpaired) electrons. The lowest BCUT2D eigenvalue weighted by molar-refractivity contribution is 0.0635. The quantitative estimate of drug-likeness (QED) is 0.887. The highest BCUT2D eigenvalue weighted by Crippen LogP contribution is 2.24. The third kappa shape index (κ3) is 5.08. The number of hydrogen-bond acceptors (Lipinski definition) is 3. The van der Waals surface area contributed by atoms with E-state index in [1.54, 1.807) is 12.1 Å². The van der Waals surface area contributed by atoms with Crippen molar-refractivity contribution in [3.8, 4) is 5.75 Å². The second kappa shape index (κ2) is 6.28. The molecule has 0 saturated carbocycles. The van der Waals surface area contributed by atoms with Crippen LogP contribution in [0.25, 0.3) is 0 Å². The Morgan fingerprint density at radius 1 is 1.33 bits per heavy atom. The van der Waals surface area contributed by atoms with Gasteiger partial charge in [-0.2, -0.15) is 0 Å². The summed E-state index contributed by atoms with van der Waals surface area (Å²) < 4.78 is 10.7. The van der Waals surface area contributed by atoms with Crippen molar-refractivity contribution in [2.24, 2.45) is 0 Å². The highest BCUT2D eigenvalue weighted by atomic mass is 16.6. The molecule has 0 atom stereocenters. The Kier molecular flexibility index (Phi) is 5.01. The number of anilines is 1. The number of rotatable bonds is 4. The smallest absolute Gasteiger partial charge is 0.412 e. The van der Waals surface area contributed by atoms with Gasteiger partial charge in [0.25, 0.3) is 0 Å². The monoisotopic (exact) mass is 250 g/mol. The number of amides is 1. The SMILES string of the molecule is C[CH]COc1ccccc1NC(=O)OC(C)(C)C. The average molecular weight is 250 g/mol. The molecule has 1 N–H and O–H groups in total. The molecule has 1 aromatic carbocycles. The Bertz CT molecular complexity index is 396. The molecule has 0 fully saturated rings. The van der Waals surface area contributed by atoms with Crippen molar-refractivity contribution in [1.82, 2.24) is 0 Å². The molecule has 0 unspecified atom stereocenters. The van der Waals surface area contributed by atoms with Crippen molar-refractivity contribution >= 4 is 11.8 Å². The first-order chi connectivity index (χ1) is 8.42. The van der Waals surface area contributed by atoms with Crippen LogP contribution in [-0.4, -0.2) is 18.3 Å². The molecule has 0 aliphatic rings. The Labute approximate surface area is 108 Å². The lowest BCUT2D eigenvalue weighted by Crippen LogP contribution is -2.27.